The lowest BCUT2D eigenvalue weighted by molar-refractivity contribution is -0.113. The number of ether oxygens (including phenoxy) is 2. The molecule has 0 fully saturated rings. The smallest absolute Gasteiger partial charge is 0.271 e. The molecule has 4 aromatic rings. The number of carbonyl (C=O) groups excluding carboxylic acids is 1. The van der Waals surface area contributed by atoms with Crippen molar-refractivity contribution in [2.45, 2.75) is 26.3 Å². The van der Waals surface area contributed by atoms with Gasteiger partial charge in [0.1, 0.15) is 11.5 Å². The molecule has 1 aromatic heterocycles. The predicted octanol–water partition coefficient (Wildman–Crippen LogP) is 4.67. The molecule has 198 valence electrons. The van der Waals surface area contributed by atoms with Gasteiger partial charge in [-0.1, -0.05) is 60.7 Å². The number of benzene rings is 3. The Kier molecular flexibility index (Phi) is 7.74. The zero-order valence-electron chi connectivity index (χ0n) is 22.0. The first kappa shape index (κ1) is 26.2. The number of nitrogens with one attached hydrogen (secondary N) is 1. The van der Waals surface area contributed by atoms with E-state index in [1.54, 1.807) is 18.6 Å². The van der Waals surface area contributed by atoms with E-state index in [0.717, 1.165) is 23.3 Å². The van der Waals surface area contributed by atoms with Gasteiger partial charge in [0.15, 0.2) is 4.80 Å². The number of carbonyl (C=O) groups is 1. The molecular formula is C31H29N3O4S. The van der Waals surface area contributed by atoms with Gasteiger partial charge in [-0.15, -0.1) is 0 Å². The third kappa shape index (κ3) is 5.56. The number of amides is 1. The van der Waals surface area contributed by atoms with Crippen molar-refractivity contribution >= 4 is 29.0 Å². The molecule has 3 aromatic carbocycles. The molecule has 0 spiro atoms. The van der Waals surface area contributed by atoms with Gasteiger partial charge in [0.2, 0.25) is 0 Å². The largest absolute Gasteiger partial charge is 0.497 e. The van der Waals surface area contributed by atoms with E-state index in [-0.39, 0.29) is 11.5 Å². The molecule has 1 aliphatic rings. The highest BCUT2D eigenvalue weighted by Gasteiger charge is 2.32. The number of nitrogens with zero attached hydrogens (tertiary/aromatic N) is 2. The van der Waals surface area contributed by atoms with Crippen LogP contribution in [-0.2, 0) is 4.79 Å². The Morgan fingerprint density at radius 1 is 1.05 bits per heavy atom. The van der Waals surface area contributed by atoms with Gasteiger partial charge in [-0.25, -0.2) is 4.99 Å². The van der Waals surface area contributed by atoms with E-state index in [1.165, 1.54) is 11.3 Å². The molecule has 0 radical (unpaired) electrons. The lowest BCUT2D eigenvalue weighted by Gasteiger charge is -2.25. The molecule has 1 N–H and O–H groups in total. The van der Waals surface area contributed by atoms with Crippen LogP contribution in [0.15, 0.2) is 99.9 Å². The van der Waals surface area contributed by atoms with Crippen LogP contribution in [-0.4, -0.2) is 24.2 Å². The molecular weight excluding hydrogens is 510 g/mol. The quantitative estimate of drug-likeness (QED) is 0.353. The van der Waals surface area contributed by atoms with Crippen LogP contribution < -0.4 is 29.7 Å². The van der Waals surface area contributed by atoms with E-state index in [9.17, 15) is 9.59 Å². The Balaban J connectivity index is 1.61. The number of hydrogen-bond acceptors (Lipinski definition) is 6. The van der Waals surface area contributed by atoms with Gasteiger partial charge in [0.25, 0.3) is 11.5 Å². The van der Waals surface area contributed by atoms with Crippen molar-refractivity contribution in [2.75, 3.05) is 19.0 Å². The molecule has 0 saturated heterocycles. The van der Waals surface area contributed by atoms with Crippen LogP contribution in [0.4, 0.5) is 5.69 Å². The average molecular weight is 540 g/mol. The first-order valence-electron chi connectivity index (χ1n) is 12.7. The zero-order valence-corrected chi connectivity index (χ0v) is 22.8. The van der Waals surface area contributed by atoms with Gasteiger partial charge in [0.05, 0.1) is 35.6 Å². The van der Waals surface area contributed by atoms with Crippen LogP contribution in [0.2, 0.25) is 0 Å². The maximum Gasteiger partial charge on any atom is 0.271 e. The number of fused-ring (bicyclic) bond motifs is 1. The second-order valence-electron chi connectivity index (χ2n) is 9.10. The first-order chi connectivity index (χ1) is 19.0. The summed E-state index contributed by atoms with van der Waals surface area (Å²) in [5.74, 6) is 1.11. The maximum absolute atomic E-state index is 13.9. The average Bonchev–Trinajstić information content (AvgIpc) is 3.26. The lowest BCUT2D eigenvalue weighted by atomic mass is 9.95. The third-order valence-corrected chi connectivity index (χ3v) is 7.34. The summed E-state index contributed by atoms with van der Waals surface area (Å²) in [5.41, 5.74) is 3.04. The summed E-state index contributed by atoms with van der Waals surface area (Å²) < 4.78 is 13.3. The number of rotatable bonds is 8. The molecule has 0 unspecified atom stereocenters. The molecule has 39 heavy (non-hydrogen) atoms. The summed E-state index contributed by atoms with van der Waals surface area (Å²) in [5, 5.41) is 2.97. The van der Waals surface area contributed by atoms with Gasteiger partial charge in [-0.2, -0.15) is 0 Å². The SMILES string of the molecule is CCCOc1ccc(/C=c2\sc3n(c2=O)[C@H](c2cccc(OC)c2)C(C(=O)Nc2ccccc2)=C(C)N=3)cc1. The van der Waals surface area contributed by atoms with Crippen molar-refractivity contribution in [1.82, 2.24) is 4.57 Å². The van der Waals surface area contributed by atoms with Crippen LogP contribution in [0.3, 0.4) is 0 Å². The number of allylic oxidation sites excluding steroid dienone is 1. The lowest BCUT2D eigenvalue weighted by Crippen LogP contribution is -2.40. The highest BCUT2D eigenvalue weighted by molar-refractivity contribution is 7.07. The van der Waals surface area contributed by atoms with E-state index >= 15 is 0 Å². The highest BCUT2D eigenvalue weighted by Crippen LogP contribution is 2.32. The number of aromatic nitrogens is 1. The summed E-state index contributed by atoms with van der Waals surface area (Å²) in [6, 6.07) is 23.6. The Labute approximate surface area is 230 Å². The summed E-state index contributed by atoms with van der Waals surface area (Å²) in [7, 11) is 1.59. The molecule has 8 heteroatoms. The van der Waals surface area contributed by atoms with Crippen molar-refractivity contribution in [3.63, 3.8) is 0 Å². The van der Waals surface area contributed by atoms with Gasteiger partial charge >= 0.3 is 0 Å². The third-order valence-electron chi connectivity index (χ3n) is 6.36. The molecule has 1 atom stereocenters. The molecule has 5 rings (SSSR count). The van der Waals surface area contributed by atoms with Crippen molar-refractivity contribution in [2.24, 2.45) is 4.99 Å². The monoisotopic (exact) mass is 539 g/mol. The van der Waals surface area contributed by atoms with E-state index in [0.29, 0.717) is 38.6 Å². The van der Waals surface area contributed by atoms with E-state index in [4.69, 9.17) is 14.5 Å². The van der Waals surface area contributed by atoms with Crippen molar-refractivity contribution in [3.05, 3.63) is 121 Å². The number of anilines is 1. The van der Waals surface area contributed by atoms with Crippen molar-refractivity contribution < 1.29 is 14.3 Å². The molecule has 2 heterocycles. The Morgan fingerprint density at radius 2 is 1.82 bits per heavy atom. The molecule has 0 aliphatic carbocycles. The Hall–Kier alpha value is -4.43. The zero-order chi connectivity index (χ0) is 27.4. The molecule has 0 bridgehead atoms. The molecule has 1 amide bonds. The molecule has 0 saturated carbocycles. The normalized spacial score (nSPS) is 14.9. The summed E-state index contributed by atoms with van der Waals surface area (Å²) >= 11 is 1.30. The minimum absolute atomic E-state index is 0.213. The van der Waals surface area contributed by atoms with E-state index in [1.807, 2.05) is 84.9 Å². The van der Waals surface area contributed by atoms with E-state index < -0.39 is 6.04 Å². The number of thiazole rings is 1. The highest BCUT2D eigenvalue weighted by atomic mass is 32.1. The number of hydrogen-bond donors (Lipinski definition) is 1. The Bertz CT molecular complexity index is 1700. The van der Waals surface area contributed by atoms with Gasteiger partial charge in [0, 0.05) is 5.69 Å². The fraction of sp³-hybridized carbons (Fsp3) is 0.194. The minimum atomic E-state index is -0.674. The van der Waals surface area contributed by atoms with Crippen LogP contribution in [0.5, 0.6) is 11.5 Å². The number of methoxy groups -OCH3 is 1. The van der Waals surface area contributed by atoms with Gasteiger partial charge in [-0.3, -0.25) is 14.2 Å². The predicted molar refractivity (Wildman–Crippen MR) is 154 cm³/mol. The standard InChI is InChI=1S/C31H29N3O4S/c1-4-17-38-24-15-13-21(14-16-24)18-26-30(36)34-28(22-9-8-12-25(19-22)37-3)27(20(2)32-31(34)39-26)29(35)33-23-10-6-5-7-11-23/h5-16,18-19,28H,4,17H2,1-3H3,(H,33,35)/b26-18-/t28-/m1/s1. The first-order valence-corrected chi connectivity index (χ1v) is 13.6. The van der Waals surface area contributed by atoms with Crippen LogP contribution in [0, 0.1) is 0 Å². The second-order valence-corrected chi connectivity index (χ2v) is 10.1. The van der Waals surface area contributed by atoms with Gasteiger partial charge in [-0.05, 0) is 66.9 Å². The summed E-state index contributed by atoms with van der Waals surface area (Å²) in [4.78, 5) is 32.8. The molecule has 1 aliphatic heterocycles. The van der Waals surface area contributed by atoms with Crippen molar-refractivity contribution in [3.8, 4) is 11.5 Å². The van der Waals surface area contributed by atoms with Crippen LogP contribution in [0.25, 0.3) is 6.08 Å². The van der Waals surface area contributed by atoms with Gasteiger partial charge < -0.3 is 14.8 Å². The second kappa shape index (κ2) is 11.5. The maximum atomic E-state index is 13.9. The topological polar surface area (TPSA) is 81.9 Å². The minimum Gasteiger partial charge on any atom is -0.497 e. The molecule has 7 nitrogen and oxygen atoms in total. The fourth-order valence-corrected chi connectivity index (χ4v) is 5.54. The van der Waals surface area contributed by atoms with Crippen LogP contribution >= 0.6 is 11.3 Å². The summed E-state index contributed by atoms with van der Waals surface area (Å²) in [6.45, 7) is 4.52. The van der Waals surface area contributed by atoms with E-state index in [2.05, 4.69) is 12.2 Å². The fourth-order valence-electron chi connectivity index (χ4n) is 4.49. The van der Waals surface area contributed by atoms with Crippen molar-refractivity contribution in [1.29, 1.82) is 0 Å². The van der Waals surface area contributed by atoms with Crippen LogP contribution in [0.1, 0.15) is 37.4 Å². The Morgan fingerprint density at radius 3 is 2.54 bits per heavy atom. The number of para-hydroxylation sites is 1. The summed E-state index contributed by atoms with van der Waals surface area (Å²) in [6.07, 6.45) is 2.78.